The Bertz CT molecular complexity index is 686. The number of aryl methyl sites for hydroxylation is 2. The zero-order chi connectivity index (χ0) is 17.5. The summed E-state index contributed by atoms with van der Waals surface area (Å²) in [5.41, 5.74) is 3.42. The molecular weight excluding hydrogens is 320 g/mol. The van der Waals surface area contributed by atoms with Gasteiger partial charge in [-0.25, -0.2) is 0 Å². The molecule has 0 bridgehead atoms. The SMILES string of the molecule is COc1ccc(OCC(C)NC(=S)Nc2ccc(C)cc2C)cc1. The van der Waals surface area contributed by atoms with Gasteiger partial charge in [0.15, 0.2) is 5.11 Å². The van der Waals surface area contributed by atoms with Gasteiger partial charge in [0, 0.05) is 5.69 Å². The van der Waals surface area contributed by atoms with E-state index >= 15 is 0 Å². The van der Waals surface area contributed by atoms with Gasteiger partial charge in [-0.15, -0.1) is 0 Å². The van der Waals surface area contributed by atoms with Crippen LogP contribution in [0.4, 0.5) is 5.69 Å². The minimum absolute atomic E-state index is 0.0813. The van der Waals surface area contributed by atoms with Gasteiger partial charge in [-0.2, -0.15) is 0 Å². The standard InChI is InChI=1S/C19H24N2O2S/c1-13-5-10-18(14(2)11-13)21-19(24)20-15(3)12-23-17-8-6-16(22-4)7-9-17/h5-11,15H,12H2,1-4H3,(H2,20,21,24). The fourth-order valence-corrected chi connectivity index (χ4v) is 2.58. The molecule has 2 aromatic carbocycles. The van der Waals surface area contributed by atoms with Crippen LogP contribution in [0.5, 0.6) is 11.5 Å². The van der Waals surface area contributed by atoms with E-state index in [2.05, 4.69) is 36.6 Å². The van der Waals surface area contributed by atoms with Crippen LogP contribution < -0.4 is 20.1 Å². The number of methoxy groups -OCH3 is 1. The van der Waals surface area contributed by atoms with Gasteiger partial charge in [0.25, 0.3) is 0 Å². The summed E-state index contributed by atoms with van der Waals surface area (Å²) in [6.07, 6.45) is 0. The van der Waals surface area contributed by atoms with Crippen molar-refractivity contribution in [2.24, 2.45) is 0 Å². The molecule has 0 spiro atoms. The molecule has 0 fully saturated rings. The molecule has 0 aromatic heterocycles. The van der Waals surface area contributed by atoms with Crippen LogP contribution in [0, 0.1) is 13.8 Å². The van der Waals surface area contributed by atoms with E-state index in [1.54, 1.807) is 7.11 Å². The van der Waals surface area contributed by atoms with Gasteiger partial charge in [-0.1, -0.05) is 17.7 Å². The molecule has 1 atom stereocenters. The molecule has 0 aliphatic carbocycles. The topological polar surface area (TPSA) is 42.5 Å². The van der Waals surface area contributed by atoms with Crippen molar-refractivity contribution in [2.45, 2.75) is 26.8 Å². The van der Waals surface area contributed by atoms with Crippen molar-refractivity contribution < 1.29 is 9.47 Å². The molecule has 2 rings (SSSR count). The summed E-state index contributed by atoms with van der Waals surface area (Å²) < 4.78 is 10.9. The molecule has 0 aliphatic heterocycles. The van der Waals surface area contributed by atoms with Crippen molar-refractivity contribution in [1.29, 1.82) is 0 Å². The van der Waals surface area contributed by atoms with Crippen LogP contribution >= 0.6 is 12.2 Å². The summed E-state index contributed by atoms with van der Waals surface area (Å²) in [5, 5.41) is 7.05. The maximum atomic E-state index is 5.75. The summed E-state index contributed by atoms with van der Waals surface area (Å²) in [7, 11) is 1.64. The summed E-state index contributed by atoms with van der Waals surface area (Å²) in [6, 6.07) is 13.8. The summed E-state index contributed by atoms with van der Waals surface area (Å²) in [6.45, 7) is 6.68. The lowest BCUT2D eigenvalue weighted by Crippen LogP contribution is -2.39. The quantitative estimate of drug-likeness (QED) is 0.774. The lowest BCUT2D eigenvalue weighted by atomic mass is 10.1. The number of rotatable bonds is 6. The lowest BCUT2D eigenvalue weighted by Gasteiger charge is -2.18. The summed E-state index contributed by atoms with van der Waals surface area (Å²) >= 11 is 5.37. The molecule has 1 unspecified atom stereocenters. The molecule has 128 valence electrons. The predicted octanol–water partition coefficient (Wildman–Crippen LogP) is 4.07. The third kappa shape index (κ3) is 5.42. The van der Waals surface area contributed by atoms with E-state index in [-0.39, 0.29) is 6.04 Å². The van der Waals surface area contributed by atoms with Gasteiger partial charge in [0.1, 0.15) is 18.1 Å². The van der Waals surface area contributed by atoms with Crippen LogP contribution in [0.2, 0.25) is 0 Å². The van der Waals surface area contributed by atoms with Crippen LogP contribution in [0.1, 0.15) is 18.1 Å². The van der Waals surface area contributed by atoms with Gasteiger partial charge < -0.3 is 20.1 Å². The van der Waals surface area contributed by atoms with Gasteiger partial charge in [-0.3, -0.25) is 0 Å². The molecule has 2 aromatic rings. The van der Waals surface area contributed by atoms with Crippen molar-refractivity contribution >= 4 is 23.0 Å². The van der Waals surface area contributed by atoms with Gasteiger partial charge in [0.2, 0.25) is 0 Å². The van der Waals surface area contributed by atoms with E-state index in [1.807, 2.05) is 37.3 Å². The Morgan fingerprint density at radius 3 is 2.38 bits per heavy atom. The zero-order valence-electron chi connectivity index (χ0n) is 14.6. The Kier molecular flexibility index (Phi) is 6.44. The second-order valence-corrected chi connectivity index (χ2v) is 6.21. The highest BCUT2D eigenvalue weighted by Gasteiger charge is 2.07. The first-order chi connectivity index (χ1) is 11.5. The smallest absolute Gasteiger partial charge is 0.171 e. The first-order valence-corrected chi connectivity index (χ1v) is 8.30. The molecule has 0 aliphatic rings. The van der Waals surface area contributed by atoms with E-state index in [0.717, 1.165) is 17.2 Å². The number of benzene rings is 2. The van der Waals surface area contributed by atoms with Gasteiger partial charge >= 0.3 is 0 Å². The lowest BCUT2D eigenvalue weighted by molar-refractivity contribution is 0.286. The minimum Gasteiger partial charge on any atom is -0.497 e. The number of nitrogens with one attached hydrogen (secondary N) is 2. The van der Waals surface area contributed by atoms with Crippen molar-refractivity contribution in [3.05, 3.63) is 53.6 Å². The summed E-state index contributed by atoms with van der Waals surface area (Å²) in [5.74, 6) is 1.62. The number of ether oxygens (including phenoxy) is 2. The second kappa shape index (κ2) is 8.55. The fourth-order valence-electron chi connectivity index (χ4n) is 2.27. The average Bonchev–Trinajstić information content (AvgIpc) is 2.56. The minimum atomic E-state index is 0.0813. The molecule has 0 saturated heterocycles. The molecule has 4 nitrogen and oxygen atoms in total. The first-order valence-electron chi connectivity index (χ1n) is 7.89. The number of anilines is 1. The molecule has 2 N–H and O–H groups in total. The Morgan fingerprint density at radius 1 is 1.08 bits per heavy atom. The van der Waals surface area contributed by atoms with Crippen LogP contribution in [0.25, 0.3) is 0 Å². The van der Waals surface area contributed by atoms with Crippen molar-refractivity contribution in [3.8, 4) is 11.5 Å². The number of hydrogen-bond donors (Lipinski definition) is 2. The molecule has 0 radical (unpaired) electrons. The molecule has 0 heterocycles. The van der Waals surface area contributed by atoms with E-state index in [4.69, 9.17) is 21.7 Å². The highest BCUT2D eigenvalue weighted by Crippen LogP contribution is 2.17. The molecule has 0 saturated carbocycles. The molecule has 0 amide bonds. The van der Waals surface area contributed by atoms with Gasteiger partial charge in [0.05, 0.1) is 13.2 Å². The predicted molar refractivity (Wildman–Crippen MR) is 103 cm³/mol. The molecule has 24 heavy (non-hydrogen) atoms. The average molecular weight is 344 g/mol. The van der Waals surface area contributed by atoms with E-state index in [9.17, 15) is 0 Å². The highest BCUT2D eigenvalue weighted by atomic mass is 32.1. The van der Waals surface area contributed by atoms with Crippen molar-refractivity contribution in [1.82, 2.24) is 5.32 Å². The molecular formula is C19H24N2O2S. The highest BCUT2D eigenvalue weighted by molar-refractivity contribution is 7.80. The Morgan fingerprint density at radius 2 is 1.75 bits per heavy atom. The van der Waals surface area contributed by atoms with E-state index in [1.165, 1.54) is 11.1 Å². The monoisotopic (exact) mass is 344 g/mol. The third-order valence-corrected chi connectivity index (χ3v) is 3.79. The third-order valence-electron chi connectivity index (χ3n) is 3.57. The van der Waals surface area contributed by atoms with Crippen molar-refractivity contribution in [2.75, 3.05) is 19.0 Å². The fraction of sp³-hybridized carbons (Fsp3) is 0.316. The maximum Gasteiger partial charge on any atom is 0.171 e. The zero-order valence-corrected chi connectivity index (χ0v) is 15.4. The van der Waals surface area contributed by atoms with E-state index < -0.39 is 0 Å². The normalized spacial score (nSPS) is 11.5. The Labute approximate surface area is 149 Å². The largest absolute Gasteiger partial charge is 0.497 e. The van der Waals surface area contributed by atoms with Crippen LogP contribution in [0.15, 0.2) is 42.5 Å². The Balaban J connectivity index is 1.80. The Hall–Kier alpha value is -2.27. The van der Waals surface area contributed by atoms with Crippen LogP contribution in [0.3, 0.4) is 0 Å². The second-order valence-electron chi connectivity index (χ2n) is 5.80. The first kappa shape index (κ1) is 18.1. The maximum absolute atomic E-state index is 5.75. The van der Waals surface area contributed by atoms with Crippen LogP contribution in [-0.4, -0.2) is 24.9 Å². The van der Waals surface area contributed by atoms with Crippen molar-refractivity contribution in [3.63, 3.8) is 0 Å². The van der Waals surface area contributed by atoms with Crippen LogP contribution in [-0.2, 0) is 0 Å². The molecule has 5 heteroatoms. The number of thiocarbonyl (C=S) groups is 1. The van der Waals surface area contributed by atoms with E-state index in [0.29, 0.717) is 11.7 Å². The summed E-state index contributed by atoms with van der Waals surface area (Å²) in [4.78, 5) is 0. The number of hydrogen-bond acceptors (Lipinski definition) is 3. The van der Waals surface area contributed by atoms with Gasteiger partial charge in [-0.05, 0) is 68.9 Å².